The number of aryl methyl sites for hydroxylation is 1. The molecule has 4 amide bonds. The number of thioether (sulfide) groups is 1. The third-order valence-corrected chi connectivity index (χ3v) is 9.15. The molecule has 4 heterocycles. The van der Waals surface area contributed by atoms with Crippen molar-refractivity contribution in [2.45, 2.75) is 48.5 Å². The van der Waals surface area contributed by atoms with Gasteiger partial charge < -0.3 is 25.6 Å². The van der Waals surface area contributed by atoms with Crippen LogP contribution in [0.3, 0.4) is 0 Å². The molecule has 0 radical (unpaired) electrons. The molecule has 3 aliphatic rings. The molecule has 6 rings (SSSR count). The first kappa shape index (κ1) is 28.0. The molecule has 3 atom stereocenters. The lowest BCUT2D eigenvalue weighted by Crippen LogP contribution is -2.54. The molecule has 0 bridgehead atoms. The molecule has 0 saturated carbocycles. The summed E-state index contributed by atoms with van der Waals surface area (Å²) in [5.74, 6) is 1.35. The normalized spacial score (nSPS) is 21.0. The summed E-state index contributed by atoms with van der Waals surface area (Å²) in [5, 5.41) is 9.43. The van der Waals surface area contributed by atoms with Gasteiger partial charge in [-0.15, -0.1) is 0 Å². The molecule has 3 aromatic rings. The largest absolute Gasteiger partial charge is 0.457 e. The zero-order chi connectivity index (χ0) is 29.2. The summed E-state index contributed by atoms with van der Waals surface area (Å²) >= 11 is 1.37. The molecule has 11 heteroatoms. The lowest BCUT2D eigenvalue weighted by molar-refractivity contribution is -0.133. The van der Waals surface area contributed by atoms with E-state index in [1.807, 2.05) is 73.5 Å². The monoisotopic (exact) mass is 586 g/mol. The van der Waals surface area contributed by atoms with E-state index >= 15 is 0 Å². The second-order valence-corrected chi connectivity index (χ2v) is 11.9. The van der Waals surface area contributed by atoms with E-state index in [1.54, 1.807) is 11.1 Å². The SMILES string of the molecule is CNCCC(=O)N1CCCC(NC(=O)[C@@H]2Sc3nccc4c3C2NC(=O)N4c2ccc(Oc3ccccc3)cc2C)C1. The molecule has 2 aromatic carbocycles. The first-order valence-electron chi connectivity index (χ1n) is 14.3. The van der Waals surface area contributed by atoms with Gasteiger partial charge in [-0.05, 0) is 68.8 Å². The number of hydrogen-bond donors (Lipinski definition) is 3. The second-order valence-electron chi connectivity index (χ2n) is 10.8. The van der Waals surface area contributed by atoms with E-state index < -0.39 is 11.3 Å². The summed E-state index contributed by atoms with van der Waals surface area (Å²) in [6.45, 7) is 3.77. The predicted octanol–water partition coefficient (Wildman–Crippen LogP) is 4.28. The standard InChI is InChI=1S/C31H34N6O4S/c1-19-17-22(41-21-8-4-3-5-9-21)10-11-23(19)37-24-12-15-33-30-26(24)27(35-31(37)40)28(42-30)29(39)34-20-7-6-16-36(18-20)25(38)13-14-32-2/h3-5,8-12,15,17,20,27-28,32H,6-7,13-14,16,18H2,1-2H3,(H,34,39)(H,35,40)/t20?,27?,28-/m1/s1. The number of pyridine rings is 1. The van der Waals surface area contributed by atoms with Gasteiger partial charge in [0.1, 0.15) is 21.8 Å². The van der Waals surface area contributed by atoms with Crippen molar-refractivity contribution >= 4 is 41.0 Å². The van der Waals surface area contributed by atoms with Gasteiger partial charge in [0.2, 0.25) is 11.8 Å². The van der Waals surface area contributed by atoms with Crippen LogP contribution in [0.4, 0.5) is 16.2 Å². The van der Waals surface area contributed by atoms with Crippen LogP contribution in [-0.4, -0.2) is 65.7 Å². The number of nitrogens with one attached hydrogen (secondary N) is 3. The van der Waals surface area contributed by atoms with Crippen LogP contribution >= 0.6 is 11.8 Å². The number of para-hydroxylation sites is 1. The maximum absolute atomic E-state index is 13.6. The predicted molar refractivity (Wildman–Crippen MR) is 161 cm³/mol. The maximum atomic E-state index is 13.6. The summed E-state index contributed by atoms with van der Waals surface area (Å²) in [6, 6.07) is 16.1. The van der Waals surface area contributed by atoms with E-state index in [-0.39, 0.29) is 23.9 Å². The molecular formula is C31H34N6O4S. The lowest BCUT2D eigenvalue weighted by atomic mass is 9.98. The Kier molecular flexibility index (Phi) is 8.03. The third kappa shape index (κ3) is 5.54. The van der Waals surface area contributed by atoms with Crippen molar-refractivity contribution in [3.63, 3.8) is 0 Å². The van der Waals surface area contributed by atoms with Crippen LogP contribution in [0.2, 0.25) is 0 Å². The highest BCUT2D eigenvalue weighted by Gasteiger charge is 2.47. The molecule has 3 N–H and O–H groups in total. The summed E-state index contributed by atoms with van der Waals surface area (Å²) in [7, 11) is 1.83. The number of piperidine rings is 1. The molecule has 1 aromatic heterocycles. The molecular weight excluding hydrogens is 552 g/mol. The molecule has 1 saturated heterocycles. The molecule has 1 fully saturated rings. The number of benzene rings is 2. The van der Waals surface area contributed by atoms with Crippen LogP contribution in [-0.2, 0) is 9.59 Å². The van der Waals surface area contributed by atoms with E-state index in [1.165, 1.54) is 11.8 Å². The first-order chi connectivity index (χ1) is 20.4. The van der Waals surface area contributed by atoms with Gasteiger partial charge in [-0.2, -0.15) is 0 Å². The number of likely N-dealkylation sites (tertiary alicyclic amines) is 1. The minimum Gasteiger partial charge on any atom is -0.457 e. The van der Waals surface area contributed by atoms with Crippen LogP contribution in [0.1, 0.15) is 36.4 Å². The molecule has 0 spiro atoms. The van der Waals surface area contributed by atoms with Gasteiger partial charge in [0.15, 0.2) is 0 Å². The lowest BCUT2D eigenvalue weighted by Gasteiger charge is -2.36. The van der Waals surface area contributed by atoms with Crippen LogP contribution in [0.25, 0.3) is 0 Å². The molecule has 10 nitrogen and oxygen atoms in total. The van der Waals surface area contributed by atoms with E-state index in [0.29, 0.717) is 31.8 Å². The summed E-state index contributed by atoms with van der Waals surface area (Å²) in [5.41, 5.74) is 3.16. The van der Waals surface area contributed by atoms with Gasteiger partial charge in [0.25, 0.3) is 0 Å². The fraction of sp³-hybridized carbons (Fsp3) is 0.355. The van der Waals surface area contributed by atoms with Gasteiger partial charge >= 0.3 is 6.03 Å². The van der Waals surface area contributed by atoms with Crippen LogP contribution in [0.5, 0.6) is 11.5 Å². The maximum Gasteiger partial charge on any atom is 0.327 e. The number of aromatic nitrogens is 1. The van der Waals surface area contributed by atoms with Crippen LogP contribution in [0.15, 0.2) is 65.8 Å². The number of ether oxygens (including phenoxy) is 1. The van der Waals surface area contributed by atoms with Crippen LogP contribution < -0.4 is 25.6 Å². The van der Waals surface area contributed by atoms with E-state index in [0.717, 1.165) is 46.1 Å². The Morgan fingerprint density at radius 3 is 2.74 bits per heavy atom. The topological polar surface area (TPSA) is 116 Å². The quantitative estimate of drug-likeness (QED) is 0.361. The fourth-order valence-electron chi connectivity index (χ4n) is 5.83. The average molecular weight is 587 g/mol. The Balaban J connectivity index is 1.19. The number of hydrogen-bond acceptors (Lipinski definition) is 7. The zero-order valence-electron chi connectivity index (χ0n) is 23.6. The highest BCUT2D eigenvalue weighted by molar-refractivity contribution is 8.01. The summed E-state index contributed by atoms with van der Waals surface area (Å²) in [6.07, 6.45) is 3.77. The summed E-state index contributed by atoms with van der Waals surface area (Å²) < 4.78 is 5.98. The first-order valence-corrected chi connectivity index (χ1v) is 15.1. The number of carbonyl (C=O) groups is 3. The molecule has 42 heavy (non-hydrogen) atoms. The highest BCUT2D eigenvalue weighted by Crippen LogP contribution is 2.51. The average Bonchev–Trinajstić information content (AvgIpc) is 3.37. The number of anilines is 2. The van der Waals surface area contributed by atoms with Crippen molar-refractivity contribution in [3.05, 3.63) is 71.9 Å². The van der Waals surface area contributed by atoms with Crippen molar-refractivity contribution in [1.82, 2.24) is 25.8 Å². The van der Waals surface area contributed by atoms with E-state index in [2.05, 4.69) is 20.9 Å². The Labute approximate surface area is 249 Å². The van der Waals surface area contributed by atoms with Crippen molar-refractivity contribution in [2.75, 3.05) is 31.6 Å². The Hall–Kier alpha value is -4.09. The zero-order valence-corrected chi connectivity index (χ0v) is 24.4. The van der Waals surface area contributed by atoms with Crippen LogP contribution in [0, 0.1) is 6.92 Å². The minimum atomic E-state index is -0.558. The Morgan fingerprint density at radius 2 is 1.95 bits per heavy atom. The second kappa shape index (κ2) is 12.0. The molecule has 2 unspecified atom stereocenters. The number of amides is 4. The molecule has 3 aliphatic heterocycles. The number of rotatable bonds is 8. The van der Waals surface area contributed by atoms with E-state index in [9.17, 15) is 14.4 Å². The highest BCUT2D eigenvalue weighted by atomic mass is 32.2. The van der Waals surface area contributed by atoms with Gasteiger partial charge in [-0.3, -0.25) is 14.5 Å². The number of nitrogens with zero attached hydrogens (tertiary/aromatic N) is 3. The van der Waals surface area contributed by atoms with Gasteiger partial charge in [0.05, 0.1) is 17.4 Å². The van der Waals surface area contributed by atoms with Crippen molar-refractivity contribution < 1.29 is 19.1 Å². The van der Waals surface area contributed by atoms with Gasteiger partial charge in [0, 0.05) is 43.9 Å². The van der Waals surface area contributed by atoms with Crippen molar-refractivity contribution in [2.24, 2.45) is 0 Å². The number of carbonyl (C=O) groups excluding carboxylic acids is 3. The fourth-order valence-corrected chi connectivity index (χ4v) is 7.06. The summed E-state index contributed by atoms with van der Waals surface area (Å²) in [4.78, 5) is 47.8. The van der Waals surface area contributed by atoms with Gasteiger partial charge in [-0.25, -0.2) is 9.78 Å². The Morgan fingerprint density at radius 1 is 1.12 bits per heavy atom. The molecule has 0 aliphatic carbocycles. The Bertz CT molecular complexity index is 1500. The molecule has 218 valence electrons. The van der Waals surface area contributed by atoms with Gasteiger partial charge in [-0.1, -0.05) is 30.0 Å². The van der Waals surface area contributed by atoms with E-state index in [4.69, 9.17) is 4.74 Å². The number of urea groups is 1. The van der Waals surface area contributed by atoms with Crippen molar-refractivity contribution in [1.29, 1.82) is 0 Å². The smallest absolute Gasteiger partial charge is 0.327 e. The van der Waals surface area contributed by atoms with Crippen molar-refractivity contribution in [3.8, 4) is 11.5 Å². The minimum absolute atomic E-state index is 0.0920. The third-order valence-electron chi connectivity index (χ3n) is 7.86.